The Hall–Kier alpha value is -2.04. The lowest BCUT2D eigenvalue weighted by atomic mass is 10.2. The van der Waals surface area contributed by atoms with Crippen LogP contribution < -0.4 is 10.1 Å². The molecule has 1 aromatic carbocycles. The molecule has 1 amide bonds. The second kappa shape index (κ2) is 7.67. The summed E-state index contributed by atoms with van der Waals surface area (Å²) in [5.41, 5.74) is -0.0281. The third-order valence-electron chi connectivity index (χ3n) is 2.48. The number of benzene rings is 1. The van der Waals surface area contributed by atoms with Crippen LogP contribution >= 0.6 is 0 Å². The van der Waals surface area contributed by atoms with Crippen LogP contribution in [0.4, 0.5) is 9.18 Å². The van der Waals surface area contributed by atoms with Gasteiger partial charge in [-0.3, -0.25) is 0 Å². The molecule has 0 unspecified atom stereocenters. The Morgan fingerprint density at radius 2 is 2.10 bits per heavy atom. The lowest BCUT2D eigenvalue weighted by Crippen LogP contribution is -2.32. The van der Waals surface area contributed by atoms with Crippen LogP contribution in [-0.2, 0) is 4.74 Å². The van der Waals surface area contributed by atoms with Crippen molar-refractivity contribution in [1.82, 2.24) is 5.32 Å². The number of halogens is 1. The lowest BCUT2D eigenvalue weighted by molar-refractivity contribution is 0.0529. The van der Waals surface area contributed by atoms with Crippen LogP contribution in [0.2, 0.25) is 0 Å². The Labute approximate surface area is 124 Å². The SMILES string of the molecule is COc1ccc(C=CCCNC(=O)OC(C)(C)C)c(F)c1. The Balaban J connectivity index is 2.37. The average Bonchev–Trinajstić information content (AvgIpc) is 2.37. The minimum atomic E-state index is -0.508. The van der Waals surface area contributed by atoms with Crippen molar-refractivity contribution in [1.29, 1.82) is 0 Å². The van der Waals surface area contributed by atoms with Crippen LogP contribution in [0.15, 0.2) is 24.3 Å². The van der Waals surface area contributed by atoms with Crippen LogP contribution in [0.5, 0.6) is 5.75 Å². The summed E-state index contributed by atoms with van der Waals surface area (Å²) in [5.74, 6) is 0.141. The van der Waals surface area contributed by atoms with Gasteiger partial charge in [0, 0.05) is 18.2 Å². The highest BCUT2D eigenvalue weighted by atomic mass is 19.1. The molecule has 0 heterocycles. The molecule has 21 heavy (non-hydrogen) atoms. The standard InChI is InChI=1S/C16H22FNO3/c1-16(2,3)21-15(19)18-10-6-5-7-12-8-9-13(20-4)11-14(12)17/h5,7-9,11H,6,10H2,1-4H3,(H,18,19). The van der Waals surface area contributed by atoms with Gasteiger partial charge in [-0.2, -0.15) is 0 Å². The first kappa shape index (κ1) is 17.0. The van der Waals surface area contributed by atoms with Crippen molar-refractivity contribution in [2.45, 2.75) is 32.8 Å². The van der Waals surface area contributed by atoms with Gasteiger partial charge < -0.3 is 14.8 Å². The molecule has 0 saturated heterocycles. The van der Waals surface area contributed by atoms with Crippen LogP contribution in [0.25, 0.3) is 6.08 Å². The van der Waals surface area contributed by atoms with E-state index in [0.717, 1.165) is 0 Å². The van der Waals surface area contributed by atoms with Crippen LogP contribution in [0.1, 0.15) is 32.8 Å². The highest BCUT2D eigenvalue weighted by Crippen LogP contribution is 2.17. The van der Waals surface area contributed by atoms with E-state index >= 15 is 0 Å². The molecule has 1 rings (SSSR count). The first-order chi connectivity index (χ1) is 9.81. The molecule has 0 spiro atoms. The number of ether oxygens (including phenoxy) is 2. The molecule has 116 valence electrons. The summed E-state index contributed by atoms with van der Waals surface area (Å²) in [6.07, 6.45) is 3.60. The number of carbonyl (C=O) groups excluding carboxylic acids is 1. The fraction of sp³-hybridized carbons (Fsp3) is 0.438. The van der Waals surface area contributed by atoms with E-state index in [1.54, 1.807) is 45.1 Å². The predicted molar refractivity (Wildman–Crippen MR) is 80.8 cm³/mol. The fourth-order valence-corrected chi connectivity index (χ4v) is 1.55. The quantitative estimate of drug-likeness (QED) is 0.841. The van der Waals surface area contributed by atoms with E-state index in [0.29, 0.717) is 24.3 Å². The van der Waals surface area contributed by atoms with Gasteiger partial charge in [-0.05, 0) is 39.3 Å². The van der Waals surface area contributed by atoms with E-state index in [9.17, 15) is 9.18 Å². The van der Waals surface area contributed by atoms with Crippen LogP contribution in [0.3, 0.4) is 0 Å². The van der Waals surface area contributed by atoms with Crippen molar-refractivity contribution in [2.24, 2.45) is 0 Å². The average molecular weight is 295 g/mol. The summed E-state index contributed by atoms with van der Waals surface area (Å²) in [6.45, 7) is 5.85. The zero-order valence-electron chi connectivity index (χ0n) is 12.9. The third kappa shape index (κ3) is 6.79. The lowest BCUT2D eigenvalue weighted by Gasteiger charge is -2.19. The molecule has 0 fully saturated rings. The van der Waals surface area contributed by atoms with E-state index < -0.39 is 11.7 Å². The van der Waals surface area contributed by atoms with Gasteiger partial charge in [0.05, 0.1) is 7.11 Å². The van der Waals surface area contributed by atoms with Gasteiger partial charge in [-0.1, -0.05) is 12.2 Å². The zero-order valence-corrected chi connectivity index (χ0v) is 12.9. The minimum absolute atomic E-state index is 0.342. The maximum atomic E-state index is 13.6. The van der Waals surface area contributed by atoms with Gasteiger partial charge >= 0.3 is 6.09 Å². The van der Waals surface area contributed by atoms with Crippen molar-refractivity contribution < 1.29 is 18.7 Å². The van der Waals surface area contributed by atoms with E-state index in [1.807, 2.05) is 0 Å². The molecule has 0 radical (unpaired) electrons. The monoisotopic (exact) mass is 295 g/mol. The Kier molecular flexibility index (Phi) is 6.21. The maximum absolute atomic E-state index is 13.6. The molecular formula is C16H22FNO3. The number of rotatable bonds is 5. The number of hydrogen-bond donors (Lipinski definition) is 1. The molecule has 0 saturated carbocycles. The Morgan fingerprint density at radius 1 is 1.38 bits per heavy atom. The molecule has 4 nitrogen and oxygen atoms in total. The van der Waals surface area contributed by atoms with Gasteiger partial charge in [0.15, 0.2) is 0 Å². The Morgan fingerprint density at radius 3 is 2.67 bits per heavy atom. The van der Waals surface area contributed by atoms with Crippen LogP contribution in [0, 0.1) is 5.82 Å². The number of nitrogens with one attached hydrogen (secondary N) is 1. The van der Waals surface area contributed by atoms with Crippen LogP contribution in [-0.4, -0.2) is 25.3 Å². The summed E-state index contributed by atoms with van der Waals surface area (Å²) in [5, 5.41) is 2.63. The zero-order chi connectivity index (χ0) is 15.9. The van der Waals surface area contributed by atoms with Crippen molar-refractivity contribution >= 4 is 12.2 Å². The smallest absolute Gasteiger partial charge is 0.407 e. The van der Waals surface area contributed by atoms with Crippen molar-refractivity contribution in [3.63, 3.8) is 0 Å². The first-order valence-corrected chi connectivity index (χ1v) is 6.79. The highest BCUT2D eigenvalue weighted by molar-refractivity contribution is 5.67. The molecule has 0 bridgehead atoms. The molecule has 1 aromatic rings. The van der Waals surface area contributed by atoms with Crippen molar-refractivity contribution in [2.75, 3.05) is 13.7 Å². The maximum Gasteiger partial charge on any atom is 0.407 e. The molecule has 0 atom stereocenters. The topological polar surface area (TPSA) is 47.6 Å². The number of methoxy groups -OCH3 is 1. The molecular weight excluding hydrogens is 273 g/mol. The van der Waals surface area contributed by atoms with E-state index in [2.05, 4.69) is 5.32 Å². The van der Waals surface area contributed by atoms with Gasteiger partial charge in [-0.15, -0.1) is 0 Å². The summed E-state index contributed by atoms with van der Waals surface area (Å²) >= 11 is 0. The van der Waals surface area contributed by atoms with E-state index in [1.165, 1.54) is 13.2 Å². The number of hydrogen-bond acceptors (Lipinski definition) is 3. The predicted octanol–water partition coefficient (Wildman–Crippen LogP) is 3.76. The van der Waals surface area contributed by atoms with Gasteiger partial charge in [-0.25, -0.2) is 9.18 Å². The molecule has 0 aliphatic heterocycles. The van der Waals surface area contributed by atoms with Gasteiger partial charge in [0.25, 0.3) is 0 Å². The largest absolute Gasteiger partial charge is 0.497 e. The molecule has 1 N–H and O–H groups in total. The fourth-order valence-electron chi connectivity index (χ4n) is 1.55. The second-order valence-electron chi connectivity index (χ2n) is 5.51. The van der Waals surface area contributed by atoms with Gasteiger partial charge in [0.1, 0.15) is 17.2 Å². The summed E-state index contributed by atoms with van der Waals surface area (Å²) < 4.78 is 23.7. The molecule has 0 aliphatic carbocycles. The highest BCUT2D eigenvalue weighted by Gasteiger charge is 2.15. The molecule has 5 heteroatoms. The number of alkyl carbamates (subject to hydrolysis) is 1. The second-order valence-corrected chi connectivity index (χ2v) is 5.51. The van der Waals surface area contributed by atoms with E-state index in [-0.39, 0.29) is 5.82 Å². The van der Waals surface area contributed by atoms with Crippen molar-refractivity contribution in [3.05, 3.63) is 35.7 Å². The third-order valence-corrected chi connectivity index (χ3v) is 2.48. The number of carbonyl (C=O) groups is 1. The molecule has 0 aromatic heterocycles. The minimum Gasteiger partial charge on any atom is -0.497 e. The normalized spacial score (nSPS) is 11.5. The van der Waals surface area contributed by atoms with Crippen molar-refractivity contribution in [3.8, 4) is 5.75 Å². The Bertz CT molecular complexity index is 507. The summed E-state index contributed by atoms with van der Waals surface area (Å²) in [4.78, 5) is 11.4. The summed E-state index contributed by atoms with van der Waals surface area (Å²) in [7, 11) is 1.49. The van der Waals surface area contributed by atoms with E-state index in [4.69, 9.17) is 9.47 Å². The molecule has 0 aliphatic rings. The number of amides is 1. The first-order valence-electron chi connectivity index (χ1n) is 6.79. The van der Waals surface area contributed by atoms with Gasteiger partial charge in [0.2, 0.25) is 0 Å². The summed E-state index contributed by atoms with van der Waals surface area (Å²) in [6, 6.07) is 4.67.